The van der Waals surface area contributed by atoms with Gasteiger partial charge in [0, 0.05) is 36.0 Å². The molecule has 0 spiro atoms. The number of halogens is 1. The van der Waals surface area contributed by atoms with Crippen molar-refractivity contribution in [2.24, 2.45) is 5.92 Å². The Bertz CT molecular complexity index is 937. The first-order valence-electron chi connectivity index (χ1n) is 8.24. The van der Waals surface area contributed by atoms with Crippen LogP contribution in [0.15, 0.2) is 53.5 Å². The summed E-state index contributed by atoms with van der Waals surface area (Å²) < 4.78 is 2.58. The summed E-state index contributed by atoms with van der Waals surface area (Å²) >= 11 is 3.49. The number of carbonyl (C=O) groups excluding carboxylic acids is 1. The van der Waals surface area contributed by atoms with Crippen LogP contribution in [-0.4, -0.2) is 38.7 Å². The van der Waals surface area contributed by atoms with Crippen molar-refractivity contribution in [3.05, 3.63) is 59.1 Å². The highest BCUT2D eigenvalue weighted by Gasteiger charge is 2.34. The van der Waals surface area contributed by atoms with E-state index in [1.165, 1.54) is 6.33 Å². The summed E-state index contributed by atoms with van der Waals surface area (Å²) in [6.45, 7) is 3.27. The van der Waals surface area contributed by atoms with Crippen molar-refractivity contribution in [1.82, 2.24) is 19.7 Å². The molecule has 1 N–H and O–H groups in total. The minimum absolute atomic E-state index is 0.0205. The molecule has 4 rings (SSSR count). The van der Waals surface area contributed by atoms with Gasteiger partial charge in [-0.3, -0.25) is 4.79 Å². The number of nitrogens with one attached hydrogen (secondary N) is 1. The smallest absolute Gasteiger partial charge is 0.231 e. The summed E-state index contributed by atoms with van der Waals surface area (Å²) in [7, 11) is 0. The molecule has 0 aliphatic carbocycles. The predicted molar refractivity (Wildman–Crippen MR) is 102 cm³/mol. The Morgan fingerprint density at radius 1 is 1.23 bits per heavy atom. The van der Waals surface area contributed by atoms with Crippen molar-refractivity contribution in [1.29, 1.82) is 0 Å². The summed E-state index contributed by atoms with van der Waals surface area (Å²) in [5.41, 5.74) is 1.93. The molecule has 132 valence electrons. The zero-order valence-corrected chi connectivity index (χ0v) is 15.7. The number of aryl methyl sites for hydroxylation is 1. The number of rotatable bonds is 4. The lowest BCUT2D eigenvalue weighted by Crippen LogP contribution is -2.52. The fraction of sp³-hybridized carbons (Fsp3) is 0.222. The first-order valence-corrected chi connectivity index (χ1v) is 9.03. The van der Waals surface area contributed by atoms with Crippen LogP contribution in [0, 0.1) is 12.8 Å². The van der Waals surface area contributed by atoms with E-state index in [1.807, 2.05) is 43.5 Å². The predicted octanol–water partition coefficient (Wildman–Crippen LogP) is 2.81. The highest BCUT2D eigenvalue weighted by molar-refractivity contribution is 9.10. The van der Waals surface area contributed by atoms with E-state index in [0.717, 1.165) is 21.5 Å². The van der Waals surface area contributed by atoms with E-state index in [0.29, 0.717) is 18.9 Å². The summed E-state index contributed by atoms with van der Waals surface area (Å²) in [4.78, 5) is 23.1. The van der Waals surface area contributed by atoms with Gasteiger partial charge in [-0.2, -0.15) is 5.10 Å². The third-order valence-corrected chi connectivity index (χ3v) is 4.99. The second kappa shape index (κ2) is 6.87. The molecular weight excluding hydrogens is 396 g/mol. The highest BCUT2D eigenvalue weighted by Crippen LogP contribution is 2.27. The van der Waals surface area contributed by atoms with Gasteiger partial charge in [0.15, 0.2) is 5.82 Å². The fourth-order valence-electron chi connectivity index (χ4n) is 2.83. The number of benzene rings is 1. The first-order chi connectivity index (χ1) is 12.6. The molecule has 0 saturated carbocycles. The SMILES string of the molecule is Cc1ccc(NC(=O)C2CN(c3cc(-n4cccn4)ncn3)C2)c(Br)c1. The van der Waals surface area contributed by atoms with E-state index in [4.69, 9.17) is 0 Å². The van der Waals surface area contributed by atoms with Gasteiger partial charge in [0.05, 0.1) is 11.6 Å². The van der Waals surface area contributed by atoms with Crippen molar-refractivity contribution in [3.8, 4) is 5.82 Å². The summed E-state index contributed by atoms with van der Waals surface area (Å²) in [6, 6.07) is 9.59. The summed E-state index contributed by atoms with van der Waals surface area (Å²) in [5, 5.41) is 7.16. The lowest BCUT2D eigenvalue weighted by Gasteiger charge is -2.39. The molecule has 7 nitrogen and oxygen atoms in total. The number of carbonyl (C=O) groups is 1. The van der Waals surface area contributed by atoms with Gasteiger partial charge < -0.3 is 10.2 Å². The summed E-state index contributed by atoms with van der Waals surface area (Å²) in [5.74, 6) is 1.46. The van der Waals surface area contributed by atoms with Gasteiger partial charge in [0.1, 0.15) is 12.1 Å². The highest BCUT2D eigenvalue weighted by atomic mass is 79.9. The van der Waals surface area contributed by atoms with Gasteiger partial charge in [-0.1, -0.05) is 6.07 Å². The van der Waals surface area contributed by atoms with Crippen molar-refractivity contribution in [2.75, 3.05) is 23.3 Å². The molecule has 1 saturated heterocycles. The average molecular weight is 413 g/mol. The maximum Gasteiger partial charge on any atom is 0.231 e. The Morgan fingerprint density at radius 3 is 2.77 bits per heavy atom. The van der Waals surface area contributed by atoms with Gasteiger partial charge in [0.2, 0.25) is 5.91 Å². The standard InChI is InChI=1S/C18H17BrN6O/c1-12-3-4-15(14(19)7-12)23-18(26)13-9-24(10-13)16-8-17(21-11-20-16)25-6-2-5-22-25/h2-8,11,13H,9-10H2,1H3,(H,23,26). The fourth-order valence-corrected chi connectivity index (χ4v) is 3.42. The van der Waals surface area contributed by atoms with Crippen LogP contribution < -0.4 is 10.2 Å². The third-order valence-electron chi connectivity index (χ3n) is 4.34. The molecule has 26 heavy (non-hydrogen) atoms. The van der Waals surface area contributed by atoms with E-state index < -0.39 is 0 Å². The molecule has 0 atom stereocenters. The third kappa shape index (κ3) is 3.32. The first kappa shape index (κ1) is 16.7. The van der Waals surface area contributed by atoms with Crippen LogP contribution in [0.25, 0.3) is 5.82 Å². The van der Waals surface area contributed by atoms with Gasteiger partial charge in [-0.25, -0.2) is 14.6 Å². The van der Waals surface area contributed by atoms with Gasteiger partial charge >= 0.3 is 0 Å². The van der Waals surface area contributed by atoms with Crippen molar-refractivity contribution >= 4 is 33.3 Å². The van der Waals surface area contributed by atoms with Crippen molar-refractivity contribution in [3.63, 3.8) is 0 Å². The molecular formula is C18H17BrN6O. The molecule has 0 radical (unpaired) electrons. The van der Waals surface area contributed by atoms with E-state index in [9.17, 15) is 4.79 Å². The molecule has 0 bridgehead atoms. The number of amides is 1. The second-order valence-electron chi connectivity index (χ2n) is 6.26. The van der Waals surface area contributed by atoms with Gasteiger partial charge in [-0.05, 0) is 46.6 Å². The zero-order chi connectivity index (χ0) is 18.1. The maximum absolute atomic E-state index is 12.5. The topological polar surface area (TPSA) is 75.9 Å². The Kier molecular flexibility index (Phi) is 4.42. The molecule has 1 aliphatic rings. The Morgan fingerprint density at radius 2 is 2.04 bits per heavy atom. The van der Waals surface area contributed by atoms with Crippen LogP contribution >= 0.6 is 15.9 Å². The lowest BCUT2D eigenvalue weighted by atomic mass is 9.99. The van der Waals surface area contributed by atoms with E-state index in [1.54, 1.807) is 10.9 Å². The van der Waals surface area contributed by atoms with Crippen LogP contribution in [0.3, 0.4) is 0 Å². The minimum Gasteiger partial charge on any atom is -0.355 e. The molecule has 3 heterocycles. The van der Waals surface area contributed by atoms with Crippen molar-refractivity contribution in [2.45, 2.75) is 6.92 Å². The number of anilines is 2. The number of nitrogens with zero attached hydrogens (tertiary/aromatic N) is 5. The molecule has 1 aliphatic heterocycles. The maximum atomic E-state index is 12.5. The average Bonchev–Trinajstić information content (AvgIpc) is 3.11. The minimum atomic E-state index is -0.0636. The van der Waals surface area contributed by atoms with Crippen molar-refractivity contribution < 1.29 is 4.79 Å². The van der Waals surface area contributed by atoms with Gasteiger partial charge in [-0.15, -0.1) is 0 Å². The Hall–Kier alpha value is -2.74. The Labute approximate surface area is 159 Å². The number of hydrogen-bond donors (Lipinski definition) is 1. The molecule has 8 heteroatoms. The van der Waals surface area contributed by atoms with Crippen LogP contribution in [0.1, 0.15) is 5.56 Å². The molecule has 1 fully saturated rings. The van der Waals surface area contributed by atoms with E-state index in [-0.39, 0.29) is 11.8 Å². The quantitative estimate of drug-likeness (QED) is 0.712. The Balaban J connectivity index is 1.39. The molecule has 1 amide bonds. The zero-order valence-electron chi connectivity index (χ0n) is 14.1. The van der Waals surface area contributed by atoms with Crippen LogP contribution in [-0.2, 0) is 4.79 Å². The molecule has 0 unspecified atom stereocenters. The number of aromatic nitrogens is 4. The van der Waals surface area contributed by atoms with E-state index in [2.05, 4.69) is 41.2 Å². The van der Waals surface area contributed by atoms with Gasteiger partial charge in [0.25, 0.3) is 0 Å². The molecule has 1 aromatic carbocycles. The molecule has 3 aromatic rings. The normalized spacial score (nSPS) is 14.2. The number of hydrogen-bond acceptors (Lipinski definition) is 5. The van der Waals surface area contributed by atoms with Crippen LogP contribution in [0.2, 0.25) is 0 Å². The summed E-state index contributed by atoms with van der Waals surface area (Å²) in [6.07, 6.45) is 5.05. The largest absolute Gasteiger partial charge is 0.355 e. The lowest BCUT2D eigenvalue weighted by molar-refractivity contribution is -0.120. The van der Waals surface area contributed by atoms with E-state index >= 15 is 0 Å². The monoisotopic (exact) mass is 412 g/mol. The molecule has 2 aromatic heterocycles. The second-order valence-corrected chi connectivity index (χ2v) is 7.11. The van der Waals surface area contributed by atoms with Crippen LogP contribution in [0.5, 0.6) is 0 Å². The van der Waals surface area contributed by atoms with Crippen LogP contribution in [0.4, 0.5) is 11.5 Å².